The summed E-state index contributed by atoms with van der Waals surface area (Å²) in [5, 5.41) is 11.4. The topological polar surface area (TPSA) is 49.3 Å². The summed E-state index contributed by atoms with van der Waals surface area (Å²) in [5.41, 5.74) is 2.46. The van der Waals surface area contributed by atoms with Crippen LogP contribution in [0.5, 0.6) is 0 Å². The van der Waals surface area contributed by atoms with Gasteiger partial charge in [0.15, 0.2) is 0 Å². The number of nitrogens with zero attached hydrogens (tertiary/aromatic N) is 3. The maximum Gasteiger partial charge on any atom is 0.111 e. The second kappa shape index (κ2) is 5.69. The van der Waals surface area contributed by atoms with Crippen molar-refractivity contribution < 1.29 is 5.11 Å². The summed E-state index contributed by atoms with van der Waals surface area (Å²) in [6, 6.07) is 8.10. The number of hydrogen-bond acceptors (Lipinski definition) is 4. The van der Waals surface area contributed by atoms with Crippen LogP contribution in [-0.4, -0.2) is 33.1 Å². The van der Waals surface area contributed by atoms with Gasteiger partial charge in [-0.25, -0.2) is 0 Å². The van der Waals surface area contributed by atoms with Crippen molar-refractivity contribution in [1.29, 1.82) is 0 Å². The van der Waals surface area contributed by atoms with Crippen LogP contribution < -0.4 is 0 Å². The zero-order valence-corrected chi connectivity index (χ0v) is 13.5. The Labute approximate surface area is 137 Å². The highest BCUT2D eigenvalue weighted by Gasteiger charge is 2.53. The molecule has 1 aliphatic carbocycles. The van der Waals surface area contributed by atoms with Gasteiger partial charge in [0.1, 0.15) is 5.60 Å². The Balaban J connectivity index is 1.55. The van der Waals surface area contributed by atoms with Crippen molar-refractivity contribution >= 4 is 0 Å². The third-order valence-electron chi connectivity index (χ3n) is 5.57. The molecule has 2 aliphatic rings. The predicted octanol–water partition coefficient (Wildman–Crippen LogP) is 2.51. The zero-order chi connectivity index (χ0) is 15.9. The Morgan fingerprint density at radius 3 is 2.91 bits per heavy atom. The van der Waals surface area contributed by atoms with Crippen LogP contribution in [0.1, 0.15) is 29.7 Å². The van der Waals surface area contributed by atoms with Gasteiger partial charge in [0.25, 0.3) is 0 Å². The molecule has 0 amide bonds. The standard InChI is InChI=1S/C19H23N3O/c1-14-4-2-9-21-18(14)19(23)7-6-16-12-22(13-17(16)19)11-15-5-3-8-20-10-15/h2-5,8-10,16-17,23H,6-7,11-13H2,1H3/t16-,17+,19-/m0/s1. The Kier molecular flexibility index (Phi) is 3.66. The van der Waals surface area contributed by atoms with Gasteiger partial charge in [0.05, 0.1) is 5.69 Å². The van der Waals surface area contributed by atoms with E-state index in [1.165, 1.54) is 5.56 Å². The first kappa shape index (κ1) is 14.8. The Hall–Kier alpha value is -1.78. The fourth-order valence-corrected chi connectivity index (χ4v) is 4.50. The van der Waals surface area contributed by atoms with Crippen LogP contribution in [0.2, 0.25) is 0 Å². The molecule has 120 valence electrons. The number of likely N-dealkylation sites (tertiary alicyclic amines) is 1. The summed E-state index contributed by atoms with van der Waals surface area (Å²) in [6.07, 6.45) is 7.46. The number of hydrogen-bond donors (Lipinski definition) is 1. The van der Waals surface area contributed by atoms with Gasteiger partial charge in [-0.3, -0.25) is 14.9 Å². The second-order valence-corrected chi connectivity index (χ2v) is 7.05. The number of aliphatic hydroxyl groups is 1. The van der Waals surface area contributed by atoms with Crippen molar-refractivity contribution in [3.63, 3.8) is 0 Å². The molecule has 4 rings (SSSR count). The third-order valence-corrected chi connectivity index (χ3v) is 5.57. The maximum absolute atomic E-state index is 11.4. The van der Waals surface area contributed by atoms with Gasteiger partial charge in [-0.2, -0.15) is 0 Å². The van der Waals surface area contributed by atoms with Crippen molar-refractivity contribution in [2.75, 3.05) is 13.1 Å². The Morgan fingerprint density at radius 1 is 1.26 bits per heavy atom. The Morgan fingerprint density at radius 2 is 2.13 bits per heavy atom. The minimum atomic E-state index is -0.764. The monoisotopic (exact) mass is 309 g/mol. The summed E-state index contributed by atoms with van der Waals surface area (Å²) < 4.78 is 0. The molecule has 2 aromatic heterocycles. The van der Waals surface area contributed by atoms with Gasteiger partial charge in [-0.05, 0) is 48.9 Å². The highest BCUT2D eigenvalue weighted by molar-refractivity contribution is 5.27. The van der Waals surface area contributed by atoms with E-state index in [1.807, 2.05) is 24.5 Å². The van der Waals surface area contributed by atoms with E-state index in [-0.39, 0.29) is 5.92 Å². The molecule has 1 aliphatic heterocycles. The van der Waals surface area contributed by atoms with E-state index in [4.69, 9.17) is 0 Å². The minimum absolute atomic E-state index is 0.285. The quantitative estimate of drug-likeness (QED) is 0.946. The van der Waals surface area contributed by atoms with E-state index in [0.29, 0.717) is 5.92 Å². The maximum atomic E-state index is 11.4. The smallest absolute Gasteiger partial charge is 0.111 e. The number of pyridine rings is 2. The lowest BCUT2D eigenvalue weighted by Gasteiger charge is -2.31. The summed E-state index contributed by atoms with van der Waals surface area (Å²) in [7, 11) is 0. The molecule has 1 saturated carbocycles. The van der Waals surface area contributed by atoms with Crippen molar-refractivity contribution in [2.24, 2.45) is 11.8 Å². The van der Waals surface area contributed by atoms with Gasteiger partial charge in [-0.1, -0.05) is 12.1 Å². The average Bonchev–Trinajstić information content (AvgIpc) is 3.10. The van der Waals surface area contributed by atoms with E-state index in [2.05, 4.69) is 33.9 Å². The first-order chi connectivity index (χ1) is 11.2. The van der Waals surface area contributed by atoms with E-state index < -0.39 is 5.60 Å². The van der Waals surface area contributed by atoms with Crippen LogP contribution in [0, 0.1) is 18.8 Å². The van der Waals surface area contributed by atoms with Crippen molar-refractivity contribution in [1.82, 2.24) is 14.9 Å². The van der Waals surface area contributed by atoms with Gasteiger partial charge >= 0.3 is 0 Å². The van der Waals surface area contributed by atoms with Crippen molar-refractivity contribution in [3.05, 3.63) is 59.7 Å². The minimum Gasteiger partial charge on any atom is -0.383 e. The molecule has 1 saturated heterocycles. The summed E-state index contributed by atoms with van der Waals surface area (Å²) in [5.74, 6) is 0.853. The Bertz CT molecular complexity index is 690. The lowest BCUT2D eigenvalue weighted by Crippen LogP contribution is -2.36. The highest BCUT2D eigenvalue weighted by Crippen LogP contribution is 2.50. The van der Waals surface area contributed by atoms with Gasteiger partial charge < -0.3 is 5.11 Å². The lowest BCUT2D eigenvalue weighted by atomic mass is 9.83. The normalized spacial score (nSPS) is 30.5. The van der Waals surface area contributed by atoms with E-state index in [0.717, 1.165) is 43.7 Å². The fourth-order valence-electron chi connectivity index (χ4n) is 4.50. The molecule has 4 nitrogen and oxygen atoms in total. The molecule has 0 spiro atoms. The molecular weight excluding hydrogens is 286 g/mol. The molecular formula is C19H23N3O. The van der Waals surface area contributed by atoms with Crippen LogP contribution in [-0.2, 0) is 12.1 Å². The molecule has 1 N–H and O–H groups in total. The van der Waals surface area contributed by atoms with E-state index in [1.54, 1.807) is 6.20 Å². The molecule has 2 aromatic rings. The van der Waals surface area contributed by atoms with Gasteiger partial charge in [0.2, 0.25) is 0 Å². The molecule has 2 fully saturated rings. The van der Waals surface area contributed by atoms with E-state index >= 15 is 0 Å². The van der Waals surface area contributed by atoms with Crippen LogP contribution in [0.15, 0.2) is 42.9 Å². The predicted molar refractivity (Wildman–Crippen MR) is 88.6 cm³/mol. The molecule has 3 atom stereocenters. The first-order valence-electron chi connectivity index (χ1n) is 8.42. The largest absolute Gasteiger partial charge is 0.383 e. The molecule has 0 bridgehead atoms. The number of aryl methyl sites for hydroxylation is 1. The molecule has 0 radical (unpaired) electrons. The molecule has 3 heterocycles. The summed E-state index contributed by atoms with van der Waals surface area (Å²) >= 11 is 0. The summed E-state index contributed by atoms with van der Waals surface area (Å²) in [4.78, 5) is 11.2. The molecule has 4 heteroatoms. The number of fused-ring (bicyclic) bond motifs is 1. The number of aromatic nitrogens is 2. The number of rotatable bonds is 3. The van der Waals surface area contributed by atoms with E-state index in [9.17, 15) is 5.11 Å². The van der Waals surface area contributed by atoms with Crippen LogP contribution in [0.25, 0.3) is 0 Å². The van der Waals surface area contributed by atoms with Gasteiger partial charge in [-0.15, -0.1) is 0 Å². The van der Waals surface area contributed by atoms with Gasteiger partial charge in [0, 0.05) is 44.1 Å². The second-order valence-electron chi connectivity index (χ2n) is 7.05. The van der Waals surface area contributed by atoms with Crippen LogP contribution >= 0.6 is 0 Å². The lowest BCUT2D eigenvalue weighted by molar-refractivity contribution is -0.0114. The SMILES string of the molecule is Cc1cccnc1[C@]1(O)CC[C@H]2CN(Cc3cccnc3)C[C@H]21. The summed E-state index contributed by atoms with van der Waals surface area (Å²) in [6.45, 7) is 4.97. The van der Waals surface area contributed by atoms with Crippen molar-refractivity contribution in [2.45, 2.75) is 31.9 Å². The molecule has 0 aromatic carbocycles. The van der Waals surface area contributed by atoms with Crippen LogP contribution in [0.3, 0.4) is 0 Å². The fraction of sp³-hybridized carbons (Fsp3) is 0.474. The van der Waals surface area contributed by atoms with Crippen molar-refractivity contribution in [3.8, 4) is 0 Å². The van der Waals surface area contributed by atoms with Crippen LogP contribution in [0.4, 0.5) is 0 Å². The zero-order valence-electron chi connectivity index (χ0n) is 13.5. The first-order valence-corrected chi connectivity index (χ1v) is 8.42. The highest BCUT2D eigenvalue weighted by atomic mass is 16.3. The molecule has 23 heavy (non-hydrogen) atoms. The third kappa shape index (κ3) is 2.56. The molecule has 0 unspecified atom stereocenters. The average molecular weight is 309 g/mol.